The Labute approximate surface area is 187 Å². The number of thiophene rings is 1. The summed E-state index contributed by atoms with van der Waals surface area (Å²) in [5.74, 6) is 6.87. The topological polar surface area (TPSA) is 91.3 Å². The zero-order valence-electron chi connectivity index (χ0n) is 16.8. The van der Waals surface area contributed by atoms with Crippen LogP contribution in [-0.4, -0.2) is 27.9 Å². The highest BCUT2D eigenvalue weighted by molar-refractivity contribution is 7.10. The maximum Gasteiger partial charge on any atom is 0.298 e. The Kier molecular flexibility index (Phi) is 6.30. The summed E-state index contributed by atoms with van der Waals surface area (Å²) in [4.78, 5) is 35.8. The molecule has 0 aliphatic rings. The van der Waals surface area contributed by atoms with Gasteiger partial charge in [-0.15, -0.1) is 11.3 Å². The van der Waals surface area contributed by atoms with E-state index < -0.39 is 0 Å². The first kappa shape index (κ1) is 20.9. The zero-order valence-corrected chi connectivity index (χ0v) is 17.6. The van der Waals surface area contributed by atoms with Gasteiger partial charge in [-0.25, -0.2) is 4.98 Å². The van der Waals surface area contributed by atoms with Crippen LogP contribution >= 0.6 is 11.3 Å². The quantitative estimate of drug-likeness (QED) is 0.329. The average molecular weight is 441 g/mol. The van der Waals surface area contributed by atoms with Crippen LogP contribution in [-0.2, 0) is 9.59 Å². The monoisotopic (exact) mass is 441 g/mol. The van der Waals surface area contributed by atoms with Crippen molar-refractivity contribution in [2.24, 2.45) is 0 Å². The fourth-order valence-electron chi connectivity index (χ4n) is 2.85. The molecule has 0 radical (unpaired) electrons. The predicted octanol–water partition coefficient (Wildman–Crippen LogP) is 4.05. The second kappa shape index (κ2) is 9.64. The Balaban J connectivity index is 1.73. The second-order valence-electron chi connectivity index (χ2n) is 6.55. The van der Waals surface area contributed by atoms with E-state index in [2.05, 4.69) is 32.2 Å². The fraction of sp³-hybridized carbons (Fsp3) is 0.0417. The van der Waals surface area contributed by atoms with Gasteiger partial charge < -0.3 is 9.47 Å². The molecule has 0 amide bonds. The van der Waals surface area contributed by atoms with Gasteiger partial charge in [-0.05, 0) is 42.1 Å². The summed E-state index contributed by atoms with van der Waals surface area (Å²) >= 11 is 1.59. The first-order chi connectivity index (χ1) is 15.6. The lowest BCUT2D eigenvalue weighted by Gasteiger charge is -2.08. The SMILES string of the molecule is Cc1csc(C#Cc2ccnc(-c3cc(OC=O)cc(-c4cc(OC=O)ccn4)n3)c2)c1. The van der Waals surface area contributed by atoms with Crippen LogP contribution in [0, 0.1) is 18.8 Å². The smallest absolute Gasteiger partial charge is 0.298 e. The molecule has 0 spiro atoms. The Morgan fingerprint density at radius 3 is 2.16 bits per heavy atom. The van der Waals surface area contributed by atoms with E-state index in [1.807, 2.05) is 25.1 Å². The third-order valence-corrected chi connectivity index (χ3v) is 5.21. The zero-order chi connectivity index (χ0) is 22.3. The minimum atomic E-state index is 0.274. The lowest BCUT2D eigenvalue weighted by atomic mass is 10.1. The van der Waals surface area contributed by atoms with Crippen molar-refractivity contribution < 1.29 is 19.1 Å². The molecule has 4 heterocycles. The molecular formula is C24H15N3O4S. The van der Waals surface area contributed by atoms with Gasteiger partial charge in [0, 0.05) is 36.2 Å². The molecule has 0 saturated heterocycles. The van der Waals surface area contributed by atoms with Gasteiger partial charge in [0.25, 0.3) is 12.9 Å². The Hall–Kier alpha value is -4.35. The number of nitrogens with zero attached hydrogens (tertiary/aromatic N) is 3. The van der Waals surface area contributed by atoms with Crippen molar-refractivity contribution >= 4 is 24.3 Å². The number of ether oxygens (including phenoxy) is 2. The molecule has 8 heteroatoms. The van der Waals surface area contributed by atoms with Gasteiger partial charge in [0.1, 0.15) is 11.5 Å². The molecule has 7 nitrogen and oxygen atoms in total. The molecule has 0 aromatic carbocycles. The fourth-order valence-corrected chi connectivity index (χ4v) is 3.60. The molecular weight excluding hydrogens is 426 g/mol. The average Bonchev–Trinajstić information content (AvgIpc) is 3.23. The van der Waals surface area contributed by atoms with Crippen molar-refractivity contribution in [3.05, 3.63) is 76.2 Å². The van der Waals surface area contributed by atoms with Crippen LogP contribution in [0.5, 0.6) is 11.5 Å². The lowest BCUT2D eigenvalue weighted by molar-refractivity contribution is -0.121. The van der Waals surface area contributed by atoms with Gasteiger partial charge in [-0.1, -0.05) is 11.8 Å². The maximum atomic E-state index is 10.9. The van der Waals surface area contributed by atoms with Crippen LogP contribution < -0.4 is 9.47 Å². The summed E-state index contributed by atoms with van der Waals surface area (Å²) in [7, 11) is 0. The number of carbonyl (C=O) groups is 2. The van der Waals surface area contributed by atoms with Crippen molar-refractivity contribution in [1.29, 1.82) is 0 Å². The first-order valence-corrected chi connectivity index (χ1v) is 10.3. The summed E-state index contributed by atoms with van der Waals surface area (Å²) < 4.78 is 9.93. The molecule has 0 saturated carbocycles. The van der Waals surface area contributed by atoms with Gasteiger partial charge in [-0.3, -0.25) is 19.6 Å². The lowest BCUT2D eigenvalue weighted by Crippen LogP contribution is -1.97. The van der Waals surface area contributed by atoms with E-state index in [4.69, 9.17) is 9.47 Å². The molecule has 0 bridgehead atoms. The van der Waals surface area contributed by atoms with Crippen molar-refractivity contribution in [2.45, 2.75) is 6.92 Å². The number of hydrogen-bond acceptors (Lipinski definition) is 8. The van der Waals surface area contributed by atoms with Crippen LogP contribution in [0.25, 0.3) is 22.8 Å². The third kappa shape index (κ3) is 5.03. The van der Waals surface area contributed by atoms with Gasteiger partial charge in [0.05, 0.1) is 27.7 Å². The Morgan fingerprint density at radius 2 is 1.47 bits per heavy atom. The largest absolute Gasteiger partial charge is 0.429 e. The number of rotatable bonds is 6. The Morgan fingerprint density at radius 1 is 0.812 bits per heavy atom. The summed E-state index contributed by atoms with van der Waals surface area (Å²) in [6.45, 7) is 2.69. The molecule has 4 rings (SSSR count). The van der Waals surface area contributed by atoms with Crippen LogP contribution in [0.3, 0.4) is 0 Å². The van der Waals surface area contributed by atoms with Crippen LogP contribution in [0.2, 0.25) is 0 Å². The van der Waals surface area contributed by atoms with E-state index in [0.717, 1.165) is 10.4 Å². The number of aromatic nitrogens is 3. The van der Waals surface area contributed by atoms with E-state index >= 15 is 0 Å². The molecule has 4 aromatic heterocycles. The van der Waals surface area contributed by atoms with Gasteiger partial charge in [-0.2, -0.15) is 0 Å². The summed E-state index contributed by atoms with van der Waals surface area (Å²) in [6.07, 6.45) is 3.13. The van der Waals surface area contributed by atoms with Crippen LogP contribution in [0.1, 0.15) is 16.0 Å². The number of hydrogen-bond donors (Lipinski definition) is 0. The molecule has 156 valence electrons. The highest BCUT2D eigenvalue weighted by Gasteiger charge is 2.11. The minimum absolute atomic E-state index is 0.274. The molecule has 0 unspecified atom stereocenters. The van der Waals surface area contributed by atoms with E-state index in [-0.39, 0.29) is 5.75 Å². The first-order valence-electron chi connectivity index (χ1n) is 9.37. The van der Waals surface area contributed by atoms with Gasteiger partial charge in [0.15, 0.2) is 0 Å². The maximum absolute atomic E-state index is 10.9. The molecule has 0 fully saturated rings. The number of aryl methyl sites for hydroxylation is 1. The minimum Gasteiger partial charge on any atom is -0.429 e. The molecule has 0 N–H and O–H groups in total. The molecule has 32 heavy (non-hydrogen) atoms. The van der Waals surface area contributed by atoms with Crippen LogP contribution in [0.4, 0.5) is 0 Å². The van der Waals surface area contributed by atoms with Crippen molar-refractivity contribution in [1.82, 2.24) is 15.0 Å². The third-order valence-electron chi connectivity index (χ3n) is 4.24. The van der Waals surface area contributed by atoms with Crippen molar-refractivity contribution in [2.75, 3.05) is 0 Å². The molecule has 0 aliphatic carbocycles. The Bertz CT molecular complexity index is 1350. The van der Waals surface area contributed by atoms with Crippen molar-refractivity contribution in [3.63, 3.8) is 0 Å². The normalized spacial score (nSPS) is 10.0. The summed E-state index contributed by atoms with van der Waals surface area (Å²) in [5.41, 5.74) is 3.82. The number of carbonyl (C=O) groups excluding carboxylic acids is 2. The molecule has 4 aromatic rings. The van der Waals surface area contributed by atoms with E-state index in [9.17, 15) is 9.59 Å². The standard InChI is InChI=1S/C24H15N3O4S/c1-16-8-20(32-13-16)3-2-17-4-6-25-21(9-17)23-11-19(31-15-29)12-24(27-23)22-10-18(30-14-28)5-7-26-22/h4-15H,1H3. The van der Waals surface area contributed by atoms with Crippen LogP contribution in [0.15, 0.2) is 60.2 Å². The predicted molar refractivity (Wildman–Crippen MR) is 119 cm³/mol. The van der Waals surface area contributed by atoms with E-state index in [1.54, 1.807) is 41.8 Å². The summed E-state index contributed by atoms with van der Waals surface area (Å²) in [5, 5.41) is 2.05. The van der Waals surface area contributed by atoms with E-state index in [1.165, 1.54) is 11.8 Å². The number of pyridine rings is 3. The van der Waals surface area contributed by atoms with Gasteiger partial charge in [0.2, 0.25) is 0 Å². The molecule has 0 aliphatic heterocycles. The van der Waals surface area contributed by atoms with Gasteiger partial charge >= 0.3 is 0 Å². The highest BCUT2D eigenvalue weighted by Crippen LogP contribution is 2.28. The molecule has 0 atom stereocenters. The van der Waals surface area contributed by atoms with Crippen molar-refractivity contribution in [3.8, 4) is 46.1 Å². The second-order valence-corrected chi connectivity index (χ2v) is 7.46. The summed E-state index contributed by atoms with van der Waals surface area (Å²) in [6, 6.07) is 11.9. The van der Waals surface area contributed by atoms with E-state index in [0.29, 0.717) is 41.5 Å². The highest BCUT2D eigenvalue weighted by atomic mass is 32.1.